The van der Waals surface area contributed by atoms with Gasteiger partial charge in [-0.3, -0.25) is 4.79 Å². The maximum Gasteiger partial charge on any atom is 0.346 e. The summed E-state index contributed by atoms with van der Waals surface area (Å²) in [6.07, 6.45) is 0.898. The third-order valence-electron chi connectivity index (χ3n) is 3.39. The van der Waals surface area contributed by atoms with Crippen molar-refractivity contribution < 1.29 is 4.79 Å². The van der Waals surface area contributed by atoms with Crippen molar-refractivity contribution in [2.45, 2.75) is 18.4 Å². The first-order valence-corrected chi connectivity index (χ1v) is 7.71. The molecule has 0 unspecified atom stereocenters. The van der Waals surface area contributed by atoms with Gasteiger partial charge >= 0.3 is 5.69 Å². The van der Waals surface area contributed by atoms with Gasteiger partial charge in [0, 0.05) is 17.9 Å². The zero-order valence-corrected chi connectivity index (χ0v) is 12.4. The minimum atomic E-state index is -0.378. The van der Waals surface area contributed by atoms with Crippen molar-refractivity contribution in [2.75, 3.05) is 17.2 Å². The molecule has 0 saturated heterocycles. The molecule has 0 aliphatic carbocycles. The van der Waals surface area contributed by atoms with Gasteiger partial charge in [0.05, 0.1) is 5.75 Å². The number of aromatic nitrogens is 2. The minimum Gasteiger partial charge on any atom is -0.311 e. The molecule has 0 spiro atoms. The van der Waals surface area contributed by atoms with Crippen molar-refractivity contribution >= 4 is 23.4 Å². The number of nitrogens with one attached hydrogen (secondary N) is 1. The van der Waals surface area contributed by atoms with E-state index in [-0.39, 0.29) is 17.3 Å². The number of aromatic amines is 1. The van der Waals surface area contributed by atoms with Gasteiger partial charge in [0.15, 0.2) is 0 Å². The fourth-order valence-corrected chi connectivity index (χ4v) is 3.27. The molecule has 1 aromatic carbocycles. The minimum absolute atomic E-state index is 0.0460. The number of hydrogen-bond acceptors (Lipinski definition) is 4. The molecule has 0 saturated carbocycles. The van der Waals surface area contributed by atoms with Crippen molar-refractivity contribution in [1.82, 2.24) is 9.97 Å². The fraction of sp³-hybridized carbons (Fsp3) is 0.267. The number of rotatable bonds is 3. The first-order valence-electron chi connectivity index (χ1n) is 6.72. The highest BCUT2D eigenvalue weighted by Crippen LogP contribution is 2.28. The molecule has 1 aromatic heterocycles. The molecule has 108 valence electrons. The Hall–Kier alpha value is -2.08. The number of carbonyl (C=O) groups excluding carboxylic acids is 1. The molecule has 0 atom stereocenters. The molecule has 0 bridgehead atoms. The fourth-order valence-electron chi connectivity index (χ4n) is 2.44. The molecular formula is C15H15N3O2S. The van der Waals surface area contributed by atoms with Crippen molar-refractivity contribution in [3.63, 3.8) is 0 Å². The van der Waals surface area contributed by atoms with Gasteiger partial charge in [-0.25, -0.2) is 4.79 Å². The highest BCUT2D eigenvalue weighted by molar-refractivity contribution is 7.99. The Labute approximate surface area is 126 Å². The van der Waals surface area contributed by atoms with Gasteiger partial charge in [0.2, 0.25) is 5.91 Å². The molecule has 0 radical (unpaired) electrons. The van der Waals surface area contributed by atoms with Gasteiger partial charge in [-0.05, 0) is 31.0 Å². The molecule has 1 N–H and O–H groups in total. The van der Waals surface area contributed by atoms with Crippen LogP contribution in [0.15, 0.2) is 40.2 Å². The van der Waals surface area contributed by atoms with Gasteiger partial charge in [0.25, 0.3) is 0 Å². The van der Waals surface area contributed by atoms with Gasteiger partial charge in [-0.2, -0.15) is 4.98 Å². The summed E-state index contributed by atoms with van der Waals surface area (Å²) >= 11 is 1.30. The van der Waals surface area contributed by atoms with Crippen LogP contribution in [0.25, 0.3) is 0 Å². The summed E-state index contributed by atoms with van der Waals surface area (Å²) in [5, 5.41) is 0.581. The maximum absolute atomic E-state index is 12.3. The zero-order valence-electron chi connectivity index (χ0n) is 11.6. The number of para-hydroxylation sites is 1. The highest BCUT2D eigenvalue weighted by atomic mass is 32.2. The number of fused-ring (bicyclic) bond motifs is 1. The molecule has 2 heterocycles. The van der Waals surface area contributed by atoms with E-state index >= 15 is 0 Å². The molecule has 2 aromatic rings. The number of nitrogens with zero attached hydrogens (tertiary/aromatic N) is 2. The smallest absolute Gasteiger partial charge is 0.311 e. The van der Waals surface area contributed by atoms with Crippen LogP contribution in [0.2, 0.25) is 0 Å². The van der Waals surface area contributed by atoms with Crippen LogP contribution in [0, 0.1) is 6.92 Å². The number of anilines is 1. The van der Waals surface area contributed by atoms with Crippen LogP contribution in [0.4, 0.5) is 5.69 Å². The Kier molecular flexibility index (Phi) is 3.79. The van der Waals surface area contributed by atoms with E-state index in [1.165, 1.54) is 17.3 Å². The second-order valence-corrected chi connectivity index (χ2v) is 5.92. The number of carbonyl (C=O) groups is 1. The Morgan fingerprint density at radius 1 is 1.43 bits per heavy atom. The predicted molar refractivity (Wildman–Crippen MR) is 82.8 cm³/mol. The van der Waals surface area contributed by atoms with Crippen molar-refractivity contribution in [3.8, 4) is 0 Å². The lowest BCUT2D eigenvalue weighted by Crippen LogP contribution is -2.30. The lowest BCUT2D eigenvalue weighted by Gasteiger charge is -2.16. The van der Waals surface area contributed by atoms with E-state index in [0.29, 0.717) is 5.03 Å². The van der Waals surface area contributed by atoms with E-state index in [0.717, 1.165) is 24.3 Å². The van der Waals surface area contributed by atoms with Crippen LogP contribution < -0.4 is 10.6 Å². The summed E-state index contributed by atoms with van der Waals surface area (Å²) in [6.45, 7) is 2.52. The number of amides is 1. The number of hydrogen-bond donors (Lipinski definition) is 1. The molecule has 1 aliphatic rings. The molecule has 1 aliphatic heterocycles. The lowest BCUT2D eigenvalue weighted by molar-refractivity contribution is -0.116. The van der Waals surface area contributed by atoms with Crippen LogP contribution >= 0.6 is 11.8 Å². The van der Waals surface area contributed by atoms with Crippen molar-refractivity contribution in [2.24, 2.45) is 0 Å². The second-order valence-electron chi connectivity index (χ2n) is 4.92. The van der Waals surface area contributed by atoms with E-state index in [9.17, 15) is 9.59 Å². The van der Waals surface area contributed by atoms with Crippen LogP contribution in [0.3, 0.4) is 0 Å². The molecule has 6 heteroatoms. The summed E-state index contributed by atoms with van der Waals surface area (Å²) in [7, 11) is 0. The quantitative estimate of drug-likeness (QED) is 0.693. The Morgan fingerprint density at radius 2 is 2.24 bits per heavy atom. The van der Waals surface area contributed by atoms with Crippen LogP contribution in [0.1, 0.15) is 11.3 Å². The Balaban J connectivity index is 1.69. The third kappa shape index (κ3) is 3.00. The standard InChI is InChI=1S/C15H15N3O2S/c1-10-8-13(17-15(20)16-10)21-9-14(19)18-7-6-11-4-2-3-5-12(11)18/h2-5,8H,6-7,9H2,1H3,(H,16,17,20). The topological polar surface area (TPSA) is 66.1 Å². The SMILES string of the molecule is Cc1cc(SCC(=O)N2CCc3ccccc32)nc(=O)[nH]1. The molecule has 21 heavy (non-hydrogen) atoms. The largest absolute Gasteiger partial charge is 0.346 e. The molecule has 0 fully saturated rings. The Bertz CT molecular complexity index is 742. The van der Waals surface area contributed by atoms with E-state index in [4.69, 9.17) is 0 Å². The maximum atomic E-state index is 12.3. The van der Waals surface area contributed by atoms with Crippen molar-refractivity contribution in [1.29, 1.82) is 0 Å². The van der Waals surface area contributed by atoms with Gasteiger partial charge in [0.1, 0.15) is 5.03 Å². The summed E-state index contributed by atoms with van der Waals surface area (Å²) in [5.41, 5.74) is 2.58. The monoisotopic (exact) mass is 301 g/mol. The molecule has 1 amide bonds. The van der Waals surface area contributed by atoms with Gasteiger partial charge < -0.3 is 9.88 Å². The molecular weight excluding hydrogens is 286 g/mol. The first-order chi connectivity index (χ1) is 10.1. The third-order valence-corrected chi connectivity index (χ3v) is 4.28. The van der Waals surface area contributed by atoms with E-state index < -0.39 is 0 Å². The van der Waals surface area contributed by atoms with Crippen LogP contribution in [0.5, 0.6) is 0 Å². The summed E-state index contributed by atoms with van der Waals surface area (Å²) in [6, 6.07) is 9.74. The molecule has 5 nitrogen and oxygen atoms in total. The second kappa shape index (κ2) is 5.73. The zero-order chi connectivity index (χ0) is 14.8. The van der Waals surface area contributed by atoms with E-state index in [2.05, 4.69) is 16.0 Å². The molecule has 3 rings (SSSR count). The number of H-pyrrole nitrogens is 1. The van der Waals surface area contributed by atoms with E-state index in [1.54, 1.807) is 13.0 Å². The average molecular weight is 301 g/mol. The Morgan fingerprint density at radius 3 is 3.05 bits per heavy atom. The first kappa shape index (κ1) is 13.9. The lowest BCUT2D eigenvalue weighted by atomic mass is 10.2. The predicted octanol–water partition coefficient (Wildman–Crippen LogP) is 1.76. The highest BCUT2D eigenvalue weighted by Gasteiger charge is 2.23. The normalized spacial score (nSPS) is 13.3. The number of aryl methyl sites for hydroxylation is 1. The number of thioether (sulfide) groups is 1. The van der Waals surface area contributed by atoms with Crippen LogP contribution in [-0.2, 0) is 11.2 Å². The summed E-state index contributed by atoms with van der Waals surface area (Å²) < 4.78 is 0. The average Bonchev–Trinajstić information content (AvgIpc) is 2.88. The number of benzene rings is 1. The van der Waals surface area contributed by atoms with E-state index in [1.807, 2.05) is 23.1 Å². The van der Waals surface area contributed by atoms with Gasteiger partial charge in [-0.15, -0.1) is 0 Å². The van der Waals surface area contributed by atoms with Crippen LogP contribution in [-0.4, -0.2) is 28.2 Å². The van der Waals surface area contributed by atoms with Gasteiger partial charge in [-0.1, -0.05) is 30.0 Å². The van der Waals surface area contributed by atoms with Crippen molar-refractivity contribution in [3.05, 3.63) is 52.1 Å². The summed E-state index contributed by atoms with van der Waals surface area (Å²) in [5.74, 6) is 0.328. The summed E-state index contributed by atoms with van der Waals surface area (Å²) in [4.78, 5) is 31.9.